The minimum absolute atomic E-state index is 0.288. The van der Waals surface area contributed by atoms with Crippen molar-refractivity contribution in [2.75, 3.05) is 6.54 Å². The number of hydrogen-bond donors (Lipinski definition) is 1. The van der Waals surface area contributed by atoms with Gasteiger partial charge in [0.2, 0.25) is 0 Å². The van der Waals surface area contributed by atoms with E-state index >= 15 is 0 Å². The zero-order chi connectivity index (χ0) is 16.6. The van der Waals surface area contributed by atoms with Gasteiger partial charge in [0.15, 0.2) is 0 Å². The number of aliphatic carboxylic acids is 1. The van der Waals surface area contributed by atoms with E-state index in [4.69, 9.17) is 0 Å². The number of nitrogens with zero attached hydrogens (tertiary/aromatic N) is 1. The van der Waals surface area contributed by atoms with E-state index in [1.54, 1.807) is 0 Å². The van der Waals surface area contributed by atoms with E-state index in [0.29, 0.717) is 18.9 Å². The number of unbranched alkanes of at least 4 members (excludes halogenated alkanes) is 6. The molecule has 0 aromatic heterocycles. The number of isothiocyanates is 1. The van der Waals surface area contributed by atoms with E-state index in [-0.39, 0.29) is 5.92 Å². The van der Waals surface area contributed by atoms with Gasteiger partial charge in [-0.15, -0.1) is 0 Å². The first-order valence-corrected chi connectivity index (χ1v) is 9.29. The number of carboxylic acid groups (broad SMARTS) is 1. The van der Waals surface area contributed by atoms with Gasteiger partial charge in [0.1, 0.15) is 0 Å². The maximum Gasteiger partial charge on any atom is 0.306 e. The second-order valence-electron chi connectivity index (χ2n) is 6.39. The van der Waals surface area contributed by atoms with Crippen LogP contribution in [0, 0.1) is 11.8 Å². The summed E-state index contributed by atoms with van der Waals surface area (Å²) >= 11 is 4.50. The molecule has 22 heavy (non-hydrogen) atoms. The lowest BCUT2D eigenvalue weighted by Gasteiger charge is -2.15. The van der Waals surface area contributed by atoms with Crippen molar-refractivity contribution >= 4 is 23.3 Å². The highest BCUT2D eigenvalue weighted by Crippen LogP contribution is 2.21. The smallest absolute Gasteiger partial charge is 0.306 e. The molecule has 0 spiro atoms. The number of carboxylic acids is 1. The molecule has 0 radical (unpaired) electrons. The van der Waals surface area contributed by atoms with Crippen molar-refractivity contribution in [1.29, 1.82) is 0 Å². The number of carbonyl (C=O) groups is 1. The van der Waals surface area contributed by atoms with Crippen LogP contribution in [0.1, 0.15) is 84.5 Å². The molecule has 2 atom stereocenters. The molecule has 0 rings (SSSR count). The van der Waals surface area contributed by atoms with Crippen LogP contribution < -0.4 is 0 Å². The fraction of sp³-hybridized carbons (Fsp3) is 0.889. The largest absolute Gasteiger partial charge is 0.481 e. The van der Waals surface area contributed by atoms with Crippen molar-refractivity contribution in [3.8, 4) is 0 Å². The van der Waals surface area contributed by atoms with Crippen LogP contribution in [0.4, 0.5) is 0 Å². The molecule has 1 N–H and O–H groups in total. The first kappa shape index (κ1) is 21.3. The van der Waals surface area contributed by atoms with Crippen molar-refractivity contribution < 1.29 is 9.90 Å². The third kappa shape index (κ3) is 13.0. The van der Waals surface area contributed by atoms with Gasteiger partial charge >= 0.3 is 5.97 Å². The Balaban J connectivity index is 3.69. The van der Waals surface area contributed by atoms with Gasteiger partial charge in [0.25, 0.3) is 0 Å². The van der Waals surface area contributed by atoms with Crippen LogP contribution in [0.15, 0.2) is 4.99 Å². The van der Waals surface area contributed by atoms with Crippen molar-refractivity contribution in [3.05, 3.63) is 0 Å². The zero-order valence-corrected chi connectivity index (χ0v) is 15.2. The van der Waals surface area contributed by atoms with E-state index in [1.165, 1.54) is 51.4 Å². The Bertz CT molecular complexity index is 327. The summed E-state index contributed by atoms with van der Waals surface area (Å²) in [6, 6.07) is 0. The molecule has 0 saturated heterocycles. The van der Waals surface area contributed by atoms with Gasteiger partial charge in [-0.1, -0.05) is 65.2 Å². The van der Waals surface area contributed by atoms with E-state index < -0.39 is 5.97 Å². The number of thiocarbonyl (C=S) groups is 1. The summed E-state index contributed by atoms with van der Waals surface area (Å²) < 4.78 is 0. The van der Waals surface area contributed by atoms with Crippen LogP contribution in [0.25, 0.3) is 0 Å². The molecule has 0 aliphatic heterocycles. The van der Waals surface area contributed by atoms with Gasteiger partial charge in [0, 0.05) is 0 Å². The highest BCUT2D eigenvalue weighted by molar-refractivity contribution is 7.78. The summed E-state index contributed by atoms with van der Waals surface area (Å²) in [6.07, 6.45) is 12.9. The van der Waals surface area contributed by atoms with Crippen LogP contribution >= 0.6 is 12.2 Å². The average molecular weight is 328 g/mol. The van der Waals surface area contributed by atoms with Gasteiger partial charge in [0.05, 0.1) is 17.6 Å². The molecule has 0 aliphatic carbocycles. The Labute approximate surface area is 141 Å². The number of aliphatic imine (C=N–C) groups is 1. The number of rotatable bonds is 15. The predicted octanol–water partition coefficient (Wildman–Crippen LogP) is 5.74. The fourth-order valence-corrected chi connectivity index (χ4v) is 2.83. The molecule has 2 unspecified atom stereocenters. The molecule has 0 saturated carbocycles. The Morgan fingerprint density at radius 1 is 1.05 bits per heavy atom. The normalized spacial score (nSPS) is 13.4. The highest BCUT2D eigenvalue weighted by atomic mass is 32.1. The summed E-state index contributed by atoms with van der Waals surface area (Å²) in [5.41, 5.74) is 0. The van der Waals surface area contributed by atoms with Gasteiger partial charge < -0.3 is 5.11 Å². The summed E-state index contributed by atoms with van der Waals surface area (Å²) in [5, 5.41) is 11.5. The number of hydrogen-bond acceptors (Lipinski definition) is 3. The molecule has 128 valence electrons. The maximum atomic E-state index is 11.2. The Hall–Kier alpha value is -0.730. The molecular weight excluding hydrogens is 294 g/mol. The minimum Gasteiger partial charge on any atom is -0.481 e. The summed E-state index contributed by atoms with van der Waals surface area (Å²) in [4.78, 5) is 15.0. The molecule has 0 bridgehead atoms. The molecule has 0 fully saturated rings. The Kier molecular flexibility index (Phi) is 14.7. The molecular formula is C18H33NO2S. The molecule has 4 heteroatoms. The minimum atomic E-state index is -0.706. The first-order chi connectivity index (χ1) is 10.6. The third-order valence-electron chi connectivity index (χ3n) is 4.31. The monoisotopic (exact) mass is 327 g/mol. The van der Waals surface area contributed by atoms with Crippen molar-refractivity contribution in [2.45, 2.75) is 84.5 Å². The molecule has 0 aromatic rings. The molecule has 0 heterocycles. The average Bonchev–Trinajstić information content (AvgIpc) is 2.49. The van der Waals surface area contributed by atoms with Gasteiger partial charge in [-0.3, -0.25) is 4.79 Å². The quantitative estimate of drug-likeness (QED) is 0.237. The predicted molar refractivity (Wildman–Crippen MR) is 96.6 cm³/mol. The highest BCUT2D eigenvalue weighted by Gasteiger charge is 2.17. The van der Waals surface area contributed by atoms with Crippen molar-refractivity contribution in [3.63, 3.8) is 0 Å². The summed E-state index contributed by atoms with van der Waals surface area (Å²) in [5.74, 6) is -0.377. The standard InChI is InChI=1S/C18H33NO2S/c1-3-4-5-6-7-8-9-10-16(2)11-12-17(18(20)21)13-14-19-15-22/h16-17H,3-14H2,1-2H3,(H,20,21). The fourth-order valence-electron chi connectivity index (χ4n) is 2.74. The lowest BCUT2D eigenvalue weighted by molar-refractivity contribution is -0.142. The van der Waals surface area contributed by atoms with Gasteiger partial charge in [-0.2, -0.15) is 0 Å². The van der Waals surface area contributed by atoms with Crippen molar-refractivity contribution in [1.82, 2.24) is 0 Å². The zero-order valence-electron chi connectivity index (χ0n) is 14.4. The van der Waals surface area contributed by atoms with Crippen LogP contribution in [0.3, 0.4) is 0 Å². The second-order valence-corrected chi connectivity index (χ2v) is 6.57. The molecule has 0 amide bonds. The van der Waals surface area contributed by atoms with Crippen LogP contribution in [-0.4, -0.2) is 22.8 Å². The lowest BCUT2D eigenvalue weighted by Crippen LogP contribution is -2.16. The summed E-state index contributed by atoms with van der Waals surface area (Å²) in [7, 11) is 0. The molecule has 0 aromatic carbocycles. The Morgan fingerprint density at radius 3 is 2.27 bits per heavy atom. The van der Waals surface area contributed by atoms with Gasteiger partial charge in [-0.05, 0) is 37.4 Å². The first-order valence-electron chi connectivity index (χ1n) is 8.88. The summed E-state index contributed by atoms with van der Waals surface area (Å²) in [6.45, 7) is 4.96. The Morgan fingerprint density at radius 2 is 1.68 bits per heavy atom. The van der Waals surface area contributed by atoms with Crippen LogP contribution in [-0.2, 0) is 4.79 Å². The van der Waals surface area contributed by atoms with E-state index in [0.717, 1.165) is 12.8 Å². The van der Waals surface area contributed by atoms with Gasteiger partial charge in [-0.25, -0.2) is 4.99 Å². The van der Waals surface area contributed by atoms with Crippen LogP contribution in [0.2, 0.25) is 0 Å². The third-order valence-corrected chi connectivity index (χ3v) is 4.44. The van der Waals surface area contributed by atoms with E-state index in [1.807, 2.05) is 0 Å². The van der Waals surface area contributed by atoms with Crippen molar-refractivity contribution in [2.24, 2.45) is 16.8 Å². The maximum absolute atomic E-state index is 11.2. The van der Waals surface area contributed by atoms with E-state index in [2.05, 4.69) is 36.2 Å². The lowest BCUT2D eigenvalue weighted by atomic mass is 9.91. The van der Waals surface area contributed by atoms with E-state index in [9.17, 15) is 9.90 Å². The van der Waals surface area contributed by atoms with Crippen LogP contribution in [0.5, 0.6) is 0 Å². The second kappa shape index (κ2) is 15.2. The molecule has 0 aliphatic rings. The SMILES string of the molecule is CCCCCCCCCC(C)CCC(CCN=C=S)C(=O)O. The topological polar surface area (TPSA) is 49.7 Å². The molecule has 3 nitrogen and oxygen atoms in total.